The average molecular weight is 301 g/mol. The summed E-state index contributed by atoms with van der Waals surface area (Å²) in [7, 11) is 1.60. The average Bonchev–Trinajstić information content (AvgIpc) is 3.16. The quantitative estimate of drug-likeness (QED) is 0.783. The molecule has 4 nitrogen and oxygen atoms in total. The summed E-state index contributed by atoms with van der Waals surface area (Å²) in [5, 5.41) is 3.97. The van der Waals surface area contributed by atoms with E-state index in [0.29, 0.717) is 17.2 Å². The number of carbonyl (C=O) groups excluding carboxylic acids is 1. The van der Waals surface area contributed by atoms with Gasteiger partial charge in [-0.3, -0.25) is 4.79 Å². The van der Waals surface area contributed by atoms with Gasteiger partial charge in [0.2, 0.25) is 0 Å². The fourth-order valence-corrected chi connectivity index (χ4v) is 3.12. The van der Waals surface area contributed by atoms with Gasteiger partial charge in [0.05, 0.1) is 17.7 Å². The second-order valence-corrected chi connectivity index (χ2v) is 5.68. The van der Waals surface area contributed by atoms with Crippen LogP contribution < -0.4 is 5.32 Å². The summed E-state index contributed by atoms with van der Waals surface area (Å²) < 4.78 is 11.7. The highest BCUT2D eigenvalue weighted by Crippen LogP contribution is 2.25. The Morgan fingerprint density at radius 2 is 2.19 bits per heavy atom. The minimum atomic E-state index is -0.279. The van der Waals surface area contributed by atoms with Gasteiger partial charge in [0.1, 0.15) is 11.9 Å². The molecule has 1 N–H and O–H groups in total. The van der Waals surface area contributed by atoms with Crippen LogP contribution in [0.25, 0.3) is 10.1 Å². The molecule has 108 valence electrons. The molecular formula is C16H15NO3S. The molecule has 0 saturated heterocycles. The topological polar surface area (TPSA) is 51.5 Å². The first-order valence-corrected chi connectivity index (χ1v) is 7.42. The predicted octanol–water partition coefficient (Wildman–Crippen LogP) is 3.61. The highest BCUT2D eigenvalue weighted by Gasteiger charge is 2.16. The van der Waals surface area contributed by atoms with Crippen molar-refractivity contribution in [2.24, 2.45) is 0 Å². The summed E-state index contributed by atoms with van der Waals surface area (Å²) in [6, 6.07) is 13.5. The van der Waals surface area contributed by atoms with Crippen molar-refractivity contribution in [3.63, 3.8) is 0 Å². The number of carbonyl (C=O) groups is 1. The Balaban J connectivity index is 1.68. The van der Waals surface area contributed by atoms with E-state index in [4.69, 9.17) is 9.15 Å². The molecule has 0 radical (unpaired) electrons. The van der Waals surface area contributed by atoms with Crippen LogP contribution in [-0.2, 0) is 4.74 Å². The lowest BCUT2D eigenvalue weighted by atomic mass is 10.2. The third-order valence-corrected chi connectivity index (χ3v) is 4.36. The van der Waals surface area contributed by atoms with Gasteiger partial charge < -0.3 is 14.5 Å². The van der Waals surface area contributed by atoms with Gasteiger partial charge >= 0.3 is 0 Å². The Labute approximate surface area is 126 Å². The van der Waals surface area contributed by atoms with Crippen LogP contribution in [0.3, 0.4) is 0 Å². The van der Waals surface area contributed by atoms with Crippen molar-refractivity contribution < 1.29 is 13.9 Å². The normalized spacial score (nSPS) is 12.4. The zero-order valence-electron chi connectivity index (χ0n) is 11.5. The van der Waals surface area contributed by atoms with Gasteiger partial charge in [0.15, 0.2) is 0 Å². The van der Waals surface area contributed by atoms with E-state index in [1.165, 1.54) is 11.3 Å². The number of benzene rings is 1. The largest absolute Gasteiger partial charge is 0.467 e. The van der Waals surface area contributed by atoms with Crippen LogP contribution in [0.5, 0.6) is 0 Å². The number of furan rings is 1. The van der Waals surface area contributed by atoms with E-state index in [-0.39, 0.29) is 12.0 Å². The molecule has 2 aromatic heterocycles. The summed E-state index contributed by atoms with van der Waals surface area (Å²) in [4.78, 5) is 12.9. The van der Waals surface area contributed by atoms with Gasteiger partial charge in [0, 0.05) is 11.8 Å². The molecule has 1 unspecified atom stereocenters. The Bertz CT molecular complexity index is 700. The van der Waals surface area contributed by atoms with Gasteiger partial charge in [0.25, 0.3) is 5.91 Å². The standard InChI is InChI=1S/C16H15NO3S/c1-19-13(12-6-4-8-20-12)10-17-16(18)15-9-11-5-2-3-7-14(11)21-15/h2-9,13H,10H2,1H3,(H,17,18). The van der Waals surface area contributed by atoms with Crippen molar-refractivity contribution in [1.82, 2.24) is 5.32 Å². The van der Waals surface area contributed by atoms with Crippen LogP contribution >= 0.6 is 11.3 Å². The third kappa shape index (κ3) is 2.99. The van der Waals surface area contributed by atoms with Crippen LogP contribution in [0.4, 0.5) is 0 Å². The van der Waals surface area contributed by atoms with Crippen molar-refractivity contribution in [3.8, 4) is 0 Å². The molecular weight excluding hydrogens is 286 g/mol. The second-order valence-electron chi connectivity index (χ2n) is 4.60. The van der Waals surface area contributed by atoms with Crippen LogP contribution in [0.1, 0.15) is 21.5 Å². The van der Waals surface area contributed by atoms with Crippen LogP contribution in [-0.4, -0.2) is 19.6 Å². The Morgan fingerprint density at radius 1 is 1.33 bits per heavy atom. The maximum atomic E-state index is 12.2. The number of thiophene rings is 1. The molecule has 0 saturated carbocycles. The van der Waals surface area contributed by atoms with Gasteiger partial charge in [-0.15, -0.1) is 11.3 Å². The SMILES string of the molecule is COC(CNC(=O)c1cc2ccccc2s1)c1ccco1. The zero-order valence-corrected chi connectivity index (χ0v) is 12.4. The number of hydrogen-bond donors (Lipinski definition) is 1. The number of ether oxygens (including phenoxy) is 1. The monoisotopic (exact) mass is 301 g/mol. The van der Waals surface area contributed by atoms with Gasteiger partial charge in [-0.2, -0.15) is 0 Å². The van der Waals surface area contributed by atoms with Crippen molar-refractivity contribution >= 4 is 27.3 Å². The molecule has 5 heteroatoms. The van der Waals surface area contributed by atoms with E-state index in [1.807, 2.05) is 36.4 Å². The highest BCUT2D eigenvalue weighted by molar-refractivity contribution is 7.20. The zero-order chi connectivity index (χ0) is 14.7. The summed E-state index contributed by atoms with van der Waals surface area (Å²) in [5.74, 6) is 0.610. The maximum absolute atomic E-state index is 12.2. The summed E-state index contributed by atoms with van der Waals surface area (Å²) in [6.07, 6.45) is 1.31. The van der Waals surface area contributed by atoms with Gasteiger partial charge in [-0.1, -0.05) is 18.2 Å². The Hall–Kier alpha value is -2.11. The van der Waals surface area contributed by atoms with Crippen LogP contribution in [0, 0.1) is 0 Å². The number of rotatable bonds is 5. The number of amides is 1. The molecule has 3 aromatic rings. The molecule has 1 atom stereocenters. The molecule has 1 amide bonds. The smallest absolute Gasteiger partial charge is 0.261 e. The van der Waals surface area contributed by atoms with Crippen molar-refractivity contribution in [1.29, 1.82) is 0 Å². The van der Waals surface area contributed by atoms with E-state index >= 15 is 0 Å². The van der Waals surface area contributed by atoms with Crippen LogP contribution in [0.2, 0.25) is 0 Å². The molecule has 2 heterocycles. The molecule has 0 aliphatic carbocycles. The fourth-order valence-electron chi connectivity index (χ4n) is 2.14. The molecule has 21 heavy (non-hydrogen) atoms. The lowest BCUT2D eigenvalue weighted by molar-refractivity contribution is 0.0740. The minimum Gasteiger partial charge on any atom is -0.467 e. The van der Waals surface area contributed by atoms with Gasteiger partial charge in [-0.25, -0.2) is 0 Å². The van der Waals surface area contributed by atoms with E-state index < -0.39 is 0 Å². The Morgan fingerprint density at radius 3 is 2.90 bits per heavy atom. The van der Waals surface area contributed by atoms with E-state index in [9.17, 15) is 4.79 Å². The first kappa shape index (κ1) is 13.9. The van der Waals surface area contributed by atoms with Crippen molar-refractivity contribution in [2.75, 3.05) is 13.7 Å². The molecule has 3 rings (SSSR count). The van der Waals surface area contributed by atoms with E-state index in [0.717, 1.165) is 10.1 Å². The van der Waals surface area contributed by atoms with E-state index in [1.54, 1.807) is 19.4 Å². The minimum absolute atomic E-state index is 0.0928. The summed E-state index contributed by atoms with van der Waals surface area (Å²) in [6.45, 7) is 0.372. The number of nitrogens with one attached hydrogen (secondary N) is 1. The van der Waals surface area contributed by atoms with Crippen molar-refractivity contribution in [3.05, 3.63) is 59.4 Å². The van der Waals surface area contributed by atoms with E-state index in [2.05, 4.69) is 5.32 Å². The molecule has 1 aromatic carbocycles. The second kappa shape index (κ2) is 6.11. The third-order valence-electron chi connectivity index (χ3n) is 3.24. The molecule has 0 bridgehead atoms. The molecule has 0 spiro atoms. The van der Waals surface area contributed by atoms with Crippen LogP contribution in [0.15, 0.2) is 53.1 Å². The first-order chi connectivity index (χ1) is 10.3. The number of fused-ring (bicyclic) bond motifs is 1. The highest BCUT2D eigenvalue weighted by atomic mass is 32.1. The lowest BCUT2D eigenvalue weighted by Gasteiger charge is -2.13. The number of hydrogen-bond acceptors (Lipinski definition) is 4. The lowest BCUT2D eigenvalue weighted by Crippen LogP contribution is -2.28. The maximum Gasteiger partial charge on any atom is 0.261 e. The summed E-state index contributed by atoms with van der Waals surface area (Å²) in [5.41, 5.74) is 0. The van der Waals surface area contributed by atoms with Crippen molar-refractivity contribution in [2.45, 2.75) is 6.10 Å². The first-order valence-electron chi connectivity index (χ1n) is 6.61. The number of methoxy groups -OCH3 is 1. The Kier molecular flexibility index (Phi) is 4.03. The molecule has 0 aliphatic heterocycles. The summed E-state index contributed by atoms with van der Waals surface area (Å²) >= 11 is 1.49. The predicted molar refractivity (Wildman–Crippen MR) is 82.6 cm³/mol. The molecule has 0 fully saturated rings. The fraction of sp³-hybridized carbons (Fsp3) is 0.188. The van der Waals surface area contributed by atoms with Gasteiger partial charge in [-0.05, 0) is 29.7 Å². The molecule has 0 aliphatic rings.